The van der Waals surface area contributed by atoms with Crippen LogP contribution in [0, 0.1) is 10.1 Å². The van der Waals surface area contributed by atoms with Crippen LogP contribution in [0.2, 0.25) is 0 Å². The second-order valence-electron chi connectivity index (χ2n) is 5.13. The van der Waals surface area contributed by atoms with E-state index in [4.69, 9.17) is 0 Å². The molecule has 7 heteroatoms. The summed E-state index contributed by atoms with van der Waals surface area (Å²) in [6.07, 6.45) is 6.93. The van der Waals surface area contributed by atoms with Crippen LogP contribution < -0.4 is 10.2 Å². The lowest BCUT2D eigenvalue weighted by molar-refractivity contribution is -0.384. The van der Waals surface area contributed by atoms with Gasteiger partial charge in [-0.2, -0.15) is 4.98 Å². The van der Waals surface area contributed by atoms with Gasteiger partial charge in [-0.3, -0.25) is 10.1 Å². The molecule has 1 aromatic heterocycles. The van der Waals surface area contributed by atoms with Gasteiger partial charge < -0.3 is 10.2 Å². The molecule has 0 spiro atoms. The minimum atomic E-state index is -0.426. The number of anilines is 2. The maximum Gasteiger partial charge on any atom is 0.329 e. The maximum absolute atomic E-state index is 11.0. The van der Waals surface area contributed by atoms with E-state index in [-0.39, 0.29) is 5.69 Å². The molecule has 0 atom stereocenters. The number of nitro groups is 1. The minimum Gasteiger partial charge on any atom is -0.361 e. The summed E-state index contributed by atoms with van der Waals surface area (Å²) in [4.78, 5) is 21.2. The molecule has 2 fully saturated rings. The SMILES string of the molecule is O=[N+]([O-])c1cnc(N2CCCCC2)nc1NC1CC1. The molecule has 0 bridgehead atoms. The zero-order valence-corrected chi connectivity index (χ0v) is 10.7. The summed E-state index contributed by atoms with van der Waals surface area (Å²) in [5.41, 5.74) is -0.0346. The average Bonchev–Trinajstić information content (AvgIpc) is 3.23. The van der Waals surface area contributed by atoms with E-state index in [0.29, 0.717) is 17.8 Å². The highest BCUT2D eigenvalue weighted by Crippen LogP contribution is 2.30. The molecule has 7 nitrogen and oxygen atoms in total. The van der Waals surface area contributed by atoms with Crippen LogP contribution in [-0.4, -0.2) is 34.0 Å². The molecule has 1 saturated heterocycles. The van der Waals surface area contributed by atoms with Gasteiger partial charge in [0.1, 0.15) is 6.20 Å². The van der Waals surface area contributed by atoms with Crippen molar-refractivity contribution in [2.75, 3.05) is 23.3 Å². The Hall–Kier alpha value is -1.92. The molecule has 0 amide bonds. The predicted molar refractivity (Wildman–Crippen MR) is 71.4 cm³/mol. The first-order chi connectivity index (χ1) is 9.24. The van der Waals surface area contributed by atoms with E-state index in [9.17, 15) is 10.1 Å². The van der Waals surface area contributed by atoms with Crippen LogP contribution >= 0.6 is 0 Å². The summed E-state index contributed by atoms with van der Waals surface area (Å²) < 4.78 is 0. The highest BCUT2D eigenvalue weighted by molar-refractivity contribution is 5.58. The molecule has 3 rings (SSSR count). The number of rotatable bonds is 4. The topological polar surface area (TPSA) is 84.2 Å². The van der Waals surface area contributed by atoms with E-state index in [1.807, 2.05) is 0 Å². The summed E-state index contributed by atoms with van der Waals surface area (Å²) in [6, 6.07) is 0.336. The summed E-state index contributed by atoms with van der Waals surface area (Å²) in [5, 5.41) is 14.1. The Labute approximate surface area is 111 Å². The van der Waals surface area contributed by atoms with Crippen molar-refractivity contribution in [2.45, 2.75) is 38.1 Å². The van der Waals surface area contributed by atoms with Crippen molar-refractivity contribution in [1.29, 1.82) is 0 Å². The number of piperidine rings is 1. The van der Waals surface area contributed by atoms with Crippen LogP contribution in [0.3, 0.4) is 0 Å². The van der Waals surface area contributed by atoms with Gasteiger partial charge >= 0.3 is 5.69 Å². The van der Waals surface area contributed by atoms with Gasteiger partial charge in [-0.15, -0.1) is 0 Å². The third-order valence-corrected chi connectivity index (χ3v) is 3.51. The molecule has 1 N–H and O–H groups in total. The molecule has 0 unspecified atom stereocenters. The van der Waals surface area contributed by atoms with Crippen LogP contribution in [0.15, 0.2) is 6.20 Å². The molecule has 1 aliphatic carbocycles. The molecule has 1 saturated carbocycles. The van der Waals surface area contributed by atoms with Crippen LogP contribution in [-0.2, 0) is 0 Å². The monoisotopic (exact) mass is 263 g/mol. The number of hydrogen-bond donors (Lipinski definition) is 1. The molecule has 1 aliphatic heterocycles. The van der Waals surface area contributed by atoms with Crippen molar-refractivity contribution in [3.8, 4) is 0 Å². The molecular formula is C12H17N5O2. The Bertz CT molecular complexity index is 483. The lowest BCUT2D eigenvalue weighted by Gasteiger charge is -2.26. The zero-order chi connectivity index (χ0) is 13.2. The van der Waals surface area contributed by atoms with Gasteiger partial charge in [-0.25, -0.2) is 4.98 Å². The maximum atomic E-state index is 11.0. The van der Waals surface area contributed by atoms with Crippen molar-refractivity contribution < 1.29 is 4.92 Å². The van der Waals surface area contributed by atoms with Gasteiger partial charge in [0.2, 0.25) is 11.8 Å². The molecular weight excluding hydrogens is 246 g/mol. The van der Waals surface area contributed by atoms with Crippen LogP contribution in [0.25, 0.3) is 0 Å². The highest BCUT2D eigenvalue weighted by atomic mass is 16.6. The van der Waals surface area contributed by atoms with Crippen LogP contribution in [0.1, 0.15) is 32.1 Å². The lowest BCUT2D eigenvalue weighted by Crippen LogP contribution is -2.31. The van der Waals surface area contributed by atoms with Crippen molar-refractivity contribution in [1.82, 2.24) is 9.97 Å². The van der Waals surface area contributed by atoms with Gasteiger partial charge in [-0.1, -0.05) is 0 Å². The molecule has 0 aromatic carbocycles. The summed E-state index contributed by atoms with van der Waals surface area (Å²) in [5.74, 6) is 0.969. The van der Waals surface area contributed by atoms with Gasteiger partial charge in [0.15, 0.2) is 0 Å². The van der Waals surface area contributed by atoms with Crippen molar-refractivity contribution in [3.05, 3.63) is 16.3 Å². The second-order valence-corrected chi connectivity index (χ2v) is 5.13. The van der Waals surface area contributed by atoms with E-state index in [1.165, 1.54) is 12.6 Å². The Balaban J connectivity index is 1.86. The normalized spacial score (nSPS) is 19.3. The quantitative estimate of drug-likeness (QED) is 0.660. The van der Waals surface area contributed by atoms with Gasteiger partial charge in [0, 0.05) is 19.1 Å². The fourth-order valence-electron chi connectivity index (χ4n) is 2.27. The van der Waals surface area contributed by atoms with Gasteiger partial charge in [0.25, 0.3) is 0 Å². The Morgan fingerprint density at radius 3 is 2.68 bits per heavy atom. The van der Waals surface area contributed by atoms with E-state index in [1.54, 1.807) is 0 Å². The predicted octanol–water partition coefficient (Wildman–Crippen LogP) is 1.95. The first kappa shape index (κ1) is 12.1. The third-order valence-electron chi connectivity index (χ3n) is 3.51. The molecule has 2 aliphatic rings. The highest BCUT2D eigenvalue weighted by Gasteiger charge is 2.27. The Morgan fingerprint density at radius 1 is 1.32 bits per heavy atom. The van der Waals surface area contributed by atoms with E-state index >= 15 is 0 Å². The lowest BCUT2D eigenvalue weighted by atomic mass is 10.1. The van der Waals surface area contributed by atoms with Crippen LogP contribution in [0.5, 0.6) is 0 Å². The largest absolute Gasteiger partial charge is 0.361 e. The molecule has 102 valence electrons. The molecule has 19 heavy (non-hydrogen) atoms. The smallest absolute Gasteiger partial charge is 0.329 e. The summed E-state index contributed by atoms with van der Waals surface area (Å²) >= 11 is 0. The second kappa shape index (κ2) is 4.99. The summed E-state index contributed by atoms with van der Waals surface area (Å²) in [7, 11) is 0. The summed E-state index contributed by atoms with van der Waals surface area (Å²) in [6.45, 7) is 1.86. The van der Waals surface area contributed by atoms with E-state index in [2.05, 4.69) is 20.2 Å². The molecule has 1 aromatic rings. The third kappa shape index (κ3) is 2.74. The van der Waals surface area contributed by atoms with E-state index < -0.39 is 4.92 Å². The fourth-order valence-corrected chi connectivity index (χ4v) is 2.27. The fraction of sp³-hybridized carbons (Fsp3) is 0.667. The molecule has 2 heterocycles. The number of hydrogen-bond acceptors (Lipinski definition) is 6. The van der Waals surface area contributed by atoms with Crippen molar-refractivity contribution >= 4 is 17.5 Å². The van der Waals surface area contributed by atoms with E-state index in [0.717, 1.165) is 38.8 Å². The molecule has 0 radical (unpaired) electrons. The average molecular weight is 263 g/mol. The number of aromatic nitrogens is 2. The number of nitrogens with one attached hydrogen (secondary N) is 1. The van der Waals surface area contributed by atoms with Gasteiger partial charge in [-0.05, 0) is 32.1 Å². The zero-order valence-electron chi connectivity index (χ0n) is 10.7. The van der Waals surface area contributed by atoms with Crippen molar-refractivity contribution in [2.24, 2.45) is 0 Å². The van der Waals surface area contributed by atoms with Crippen molar-refractivity contribution in [3.63, 3.8) is 0 Å². The number of nitrogens with zero attached hydrogens (tertiary/aromatic N) is 4. The van der Waals surface area contributed by atoms with Crippen LogP contribution in [0.4, 0.5) is 17.5 Å². The first-order valence-corrected chi connectivity index (χ1v) is 6.77. The van der Waals surface area contributed by atoms with Gasteiger partial charge in [0.05, 0.1) is 4.92 Å². The Kier molecular flexibility index (Phi) is 3.18. The first-order valence-electron chi connectivity index (χ1n) is 6.77. The standard InChI is InChI=1S/C12H17N5O2/c18-17(19)10-8-13-12(16-6-2-1-3-7-16)15-11(10)14-9-4-5-9/h8-9H,1-7H2,(H,13,14,15). The minimum absolute atomic E-state index is 0.0346. The Morgan fingerprint density at radius 2 is 2.05 bits per heavy atom.